The van der Waals surface area contributed by atoms with E-state index in [4.69, 9.17) is 9.15 Å². The molecule has 1 aromatic heterocycles. The van der Waals surface area contributed by atoms with Crippen LogP contribution in [-0.4, -0.2) is 43.7 Å². The second kappa shape index (κ2) is 6.29. The minimum absolute atomic E-state index is 0.0818. The second-order valence-corrected chi connectivity index (χ2v) is 7.46. The molecule has 23 heavy (non-hydrogen) atoms. The molecule has 3 aliphatic rings. The van der Waals surface area contributed by atoms with Crippen molar-refractivity contribution in [2.45, 2.75) is 32.2 Å². The van der Waals surface area contributed by atoms with Gasteiger partial charge in [-0.15, -0.1) is 0 Å². The number of rotatable bonds is 5. The number of amides is 1. The summed E-state index contributed by atoms with van der Waals surface area (Å²) < 4.78 is 11.1. The summed E-state index contributed by atoms with van der Waals surface area (Å²) in [5, 5.41) is 3.21. The quantitative estimate of drug-likeness (QED) is 0.902. The molecule has 1 aliphatic carbocycles. The number of ether oxygens (including phenoxy) is 1. The summed E-state index contributed by atoms with van der Waals surface area (Å²) >= 11 is 0. The molecule has 0 aromatic carbocycles. The Hall–Kier alpha value is -1.33. The zero-order chi connectivity index (χ0) is 15.7. The van der Waals surface area contributed by atoms with Gasteiger partial charge in [-0.25, -0.2) is 0 Å². The lowest BCUT2D eigenvalue weighted by atomic mass is 9.71. The van der Waals surface area contributed by atoms with Crippen molar-refractivity contribution in [3.63, 3.8) is 0 Å². The van der Waals surface area contributed by atoms with Gasteiger partial charge in [0.15, 0.2) is 0 Å². The van der Waals surface area contributed by atoms with Crippen LogP contribution in [0.4, 0.5) is 0 Å². The number of hydrogen-bond donors (Lipinski definition) is 1. The molecular weight excluding hydrogens is 292 g/mol. The highest BCUT2D eigenvalue weighted by molar-refractivity contribution is 5.80. The van der Waals surface area contributed by atoms with Crippen molar-refractivity contribution in [2.75, 3.05) is 32.8 Å². The fraction of sp³-hybridized carbons (Fsp3) is 0.722. The van der Waals surface area contributed by atoms with Crippen LogP contribution in [0.2, 0.25) is 0 Å². The molecule has 1 saturated carbocycles. The molecule has 1 N–H and O–H groups in total. The van der Waals surface area contributed by atoms with Gasteiger partial charge in [-0.3, -0.25) is 9.69 Å². The molecule has 5 nitrogen and oxygen atoms in total. The summed E-state index contributed by atoms with van der Waals surface area (Å²) in [6.45, 7) is 5.01. The molecule has 1 unspecified atom stereocenters. The SMILES string of the molecule is O=C(NCC1CC1)C1CN(Cc2ccco2)CC12CCOCC2. The Morgan fingerprint density at radius 2 is 2.17 bits per heavy atom. The van der Waals surface area contributed by atoms with Gasteiger partial charge in [-0.05, 0) is 43.7 Å². The number of likely N-dealkylation sites (tertiary alicyclic amines) is 1. The highest BCUT2D eigenvalue weighted by Gasteiger charge is 2.50. The molecule has 1 aromatic rings. The van der Waals surface area contributed by atoms with Crippen LogP contribution in [0.5, 0.6) is 0 Å². The van der Waals surface area contributed by atoms with Gasteiger partial charge in [0.2, 0.25) is 5.91 Å². The summed E-state index contributed by atoms with van der Waals surface area (Å²) in [6, 6.07) is 3.94. The molecule has 5 heteroatoms. The van der Waals surface area contributed by atoms with Crippen LogP contribution in [0, 0.1) is 17.3 Å². The lowest BCUT2D eigenvalue weighted by Crippen LogP contribution is -2.44. The molecule has 2 aliphatic heterocycles. The molecule has 126 valence electrons. The van der Waals surface area contributed by atoms with E-state index in [-0.39, 0.29) is 17.2 Å². The topological polar surface area (TPSA) is 54.7 Å². The lowest BCUT2D eigenvalue weighted by molar-refractivity contribution is -0.129. The van der Waals surface area contributed by atoms with Crippen molar-refractivity contribution in [3.8, 4) is 0 Å². The maximum absolute atomic E-state index is 12.8. The predicted octanol–water partition coefficient (Wildman–Crippen LogP) is 2.03. The standard InChI is InChI=1S/C18H26N2O3/c21-17(19-10-14-3-4-14)16-12-20(11-15-2-1-7-23-15)13-18(16)5-8-22-9-6-18/h1-2,7,14,16H,3-6,8-13H2,(H,19,21). The van der Waals surface area contributed by atoms with Crippen LogP contribution >= 0.6 is 0 Å². The molecule has 3 heterocycles. The molecular formula is C18H26N2O3. The third kappa shape index (κ3) is 3.31. The van der Waals surface area contributed by atoms with E-state index in [1.165, 1.54) is 12.8 Å². The third-order valence-corrected chi connectivity index (χ3v) is 5.74. The van der Waals surface area contributed by atoms with Crippen molar-refractivity contribution >= 4 is 5.91 Å². The van der Waals surface area contributed by atoms with Gasteiger partial charge in [0, 0.05) is 38.3 Å². The summed E-state index contributed by atoms with van der Waals surface area (Å²) in [4.78, 5) is 15.2. The number of furan rings is 1. The second-order valence-electron chi connectivity index (χ2n) is 7.46. The van der Waals surface area contributed by atoms with Gasteiger partial charge in [0.25, 0.3) is 0 Å². The number of hydrogen-bond acceptors (Lipinski definition) is 4. The van der Waals surface area contributed by atoms with E-state index in [1.807, 2.05) is 12.1 Å². The van der Waals surface area contributed by atoms with E-state index in [9.17, 15) is 4.79 Å². The monoisotopic (exact) mass is 318 g/mol. The maximum Gasteiger partial charge on any atom is 0.225 e. The summed E-state index contributed by atoms with van der Waals surface area (Å²) in [6.07, 6.45) is 6.24. The predicted molar refractivity (Wildman–Crippen MR) is 85.7 cm³/mol. The molecule has 1 spiro atoms. The van der Waals surface area contributed by atoms with Crippen LogP contribution in [-0.2, 0) is 16.1 Å². The summed E-state index contributed by atoms with van der Waals surface area (Å²) in [7, 11) is 0. The van der Waals surface area contributed by atoms with Crippen LogP contribution in [0.3, 0.4) is 0 Å². The molecule has 1 amide bonds. The Bertz CT molecular complexity index is 532. The first-order chi connectivity index (χ1) is 11.3. The number of nitrogens with zero attached hydrogens (tertiary/aromatic N) is 1. The van der Waals surface area contributed by atoms with Gasteiger partial charge in [0.1, 0.15) is 5.76 Å². The Kier molecular flexibility index (Phi) is 4.16. The average Bonchev–Trinajstić information content (AvgIpc) is 3.14. The first-order valence-corrected chi connectivity index (χ1v) is 8.85. The smallest absolute Gasteiger partial charge is 0.225 e. The minimum atomic E-state index is 0.0818. The number of carbonyl (C=O) groups is 1. The van der Waals surface area contributed by atoms with Crippen molar-refractivity contribution in [1.82, 2.24) is 10.2 Å². The highest BCUT2D eigenvalue weighted by atomic mass is 16.5. The Morgan fingerprint density at radius 3 is 2.87 bits per heavy atom. The van der Waals surface area contributed by atoms with Crippen LogP contribution in [0.25, 0.3) is 0 Å². The fourth-order valence-electron chi connectivity index (χ4n) is 4.15. The van der Waals surface area contributed by atoms with E-state index in [0.29, 0.717) is 0 Å². The van der Waals surface area contributed by atoms with E-state index in [0.717, 1.165) is 63.9 Å². The molecule has 2 saturated heterocycles. The first kappa shape index (κ1) is 15.2. The third-order valence-electron chi connectivity index (χ3n) is 5.74. The molecule has 0 radical (unpaired) electrons. The highest BCUT2D eigenvalue weighted by Crippen LogP contribution is 2.45. The van der Waals surface area contributed by atoms with Crippen LogP contribution < -0.4 is 5.32 Å². The molecule has 4 rings (SSSR count). The van der Waals surface area contributed by atoms with E-state index >= 15 is 0 Å². The first-order valence-electron chi connectivity index (χ1n) is 8.85. The van der Waals surface area contributed by atoms with Crippen molar-refractivity contribution in [1.29, 1.82) is 0 Å². The zero-order valence-corrected chi connectivity index (χ0v) is 13.6. The Labute approximate surface area is 137 Å². The normalized spacial score (nSPS) is 27.4. The lowest BCUT2D eigenvalue weighted by Gasteiger charge is -2.37. The van der Waals surface area contributed by atoms with Gasteiger partial charge < -0.3 is 14.5 Å². The van der Waals surface area contributed by atoms with Gasteiger partial charge in [-0.1, -0.05) is 0 Å². The van der Waals surface area contributed by atoms with Crippen molar-refractivity contribution < 1.29 is 13.9 Å². The van der Waals surface area contributed by atoms with Gasteiger partial charge in [-0.2, -0.15) is 0 Å². The molecule has 3 fully saturated rings. The van der Waals surface area contributed by atoms with Crippen molar-refractivity contribution in [3.05, 3.63) is 24.2 Å². The van der Waals surface area contributed by atoms with E-state index in [2.05, 4.69) is 10.2 Å². The van der Waals surface area contributed by atoms with Gasteiger partial charge in [0.05, 0.1) is 18.7 Å². The van der Waals surface area contributed by atoms with Crippen LogP contribution in [0.15, 0.2) is 22.8 Å². The minimum Gasteiger partial charge on any atom is -0.468 e. The Morgan fingerprint density at radius 1 is 1.35 bits per heavy atom. The molecule has 0 bridgehead atoms. The van der Waals surface area contributed by atoms with E-state index < -0.39 is 0 Å². The van der Waals surface area contributed by atoms with Gasteiger partial charge >= 0.3 is 0 Å². The zero-order valence-electron chi connectivity index (χ0n) is 13.6. The molecule has 1 atom stereocenters. The summed E-state index contributed by atoms with van der Waals surface area (Å²) in [5.41, 5.74) is 0.0818. The summed E-state index contributed by atoms with van der Waals surface area (Å²) in [5.74, 6) is 2.04. The number of carbonyl (C=O) groups excluding carboxylic acids is 1. The van der Waals surface area contributed by atoms with Crippen molar-refractivity contribution in [2.24, 2.45) is 17.3 Å². The van der Waals surface area contributed by atoms with E-state index in [1.54, 1.807) is 6.26 Å². The maximum atomic E-state index is 12.8. The largest absolute Gasteiger partial charge is 0.468 e. The number of nitrogens with one attached hydrogen (secondary N) is 1. The Balaban J connectivity index is 1.45. The fourth-order valence-corrected chi connectivity index (χ4v) is 4.15. The average molecular weight is 318 g/mol. The van der Waals surface area contributed by atoms with Crippen LogP contribution in [0.1, 0.15) is 31.4 Å².